The van der Waals surface area contributed by atoms with Gasteiger partial charge in [0.05, 0.1) is 6.42 Å². The van der Waals surface area contributed by atoms with E-state index in [1.165, 1.54) is 18.2 Å². The standard InChI is InChI=1S/C15H13F4N3O4S/c16-13-10-6-9(20-4-3-15(17,18)19)2-1-8(10)5-11(23)14(13)22-7-12(24)21-27(22,25)26/h1-2,5-6,20,23H,3-4,7H2,(H,21,24). The third-order valence-corrected chi connectivity index (χ3v) is 5.22. The molecule has 1 saturated heterocycles. The Morgan fingerprint density at radius 3 is 2.56 bits per heavy atom. The van der Waals surface area contributed by atoms with Crippen LogP contribution >= 0.6 is 0 Å². The lowest BCUT2D eigenvalue weighted by Gasteiger charge is -2.18. The molecule has 12 heteroatoms. The van der Waals surface area contributed by atoms with Crippen LogP contribution in [0.15, 0.2) is 24.3 Å². The molecule has 146 valence electrons. The van der Waals surface area contributed by atoms with Crippen LogP contribution in [0.5, 0.6) is 5.75 Å². The molecule has 3 N–H and O–H groups in total. The fourth-order valence-corrected chi connectivity index (χ4v) is 3.83. The number of aromatic hydroxyl groups is 1. The van der Waals surface area contributed by atoms with Crippen molar-refractivity contribution in [2.45, 2.75) is 12.6 Å². The first-order chi connectivity index (χ1) is 12.5. The summed E-state index contributed by atoms with van der Waals surface area (Å²) < 4.78 is 77.5. The number of halogens is 4. The van der Waals surface area contributed by atoms with Crippen LogP contribution < -0.4 is 14.3 Å². The molecular formula is C15H13F4N3O4S. The molecule has 27 heavy (non-hydrogen) atoms. The summed E-state index contributed by atoms with van der Waals surface area (Å²) in [5.41, 5.74) is -0.533. The Kier molecular flexibility index (Phi) is 4.54. The van der Waals surface area contributed by atoms with Gasteiger partial charge in [-0.25, -0.2) is 13.4 Å². The Morgan fingerprint density at radius 2 is 1.96 bits per heavy atom. The average molecular weight is 407 g/mol. The first-order valence-corrected chi connectivity index (χ1v) is 9.01. The van der Waals surface area contributed by atoms with E-state index in [0.29, 0.717) is 4.31 Å². The molecule has 0 unspecified atom stereocenters. The quantitative estimate of drug-likeness (QED) is 0.676. The zero-order chi connectivity index (χ0) is 20.0. The van der Waals surface area contributed by atoms with Crippen molar-refractivity contribution >= 4 is 38.3 Å². The first-order valence-electron chi connectivity index (χ1n) is 7.57. The van der Waals surface area contributed by atoms with E-state index >= 15 is 0 Å². The number of amides is 1. The minimum atomic E-state index is -4.35. The Labute approximate surface area is 150 Å². The van der Waals surface area contributed by atoms with Crippen LogP contribution in [0.3, 0.4) is 0 Å². The van der Waals surface area contributed by atoms with Crippen molar-refractivity contribution in [2.24, 2.45) is 0 Å². The van der Waals surface area contributed by atoms with E-state index in [2.05, 4.69) is 5.32 Å². The largest absolute Gasteiger partial charge is 0.506 e. The van der Waals surface area contributed by atoms with Crippen LogP contribution in [0, 0.1) is 5.82 Å². The first kappa shape index (κ1) is 19.0. The second-order valence-electron chi connectivity index (χ2n) is 5.82. The molecule has 1 amide bonds. The van der Waals surface area contributed by atoms with E-state index in [1.807, 2.05) is 0 Å². The van der Waals surface area contributed by atoms with E-state index < -0.39 is 59.1 Å². The molecule has 2 aromatic rings. The van der Waals surface area contributed by atoms with Gasteiger partial charge < -0.3 is 10.4 Å². The highest BCUT2D eigenvalue weighted by Gasteiger charge is 2.37. The van der Waals surface area contributed by atoms with Gasteiger partial charge in [-0.3, -0.25) is 4.79 Å². The lowest BCUT2D eigenvalue weighted by Crippen LogP contribution is -2.30. The number of nitrogens with zero attached hydrogens (tertiary/aromatic N) is 1. The van der Waals surface area contributed by atoms with Crippen LogP contribution in [0.2, 0.25) is 0 Å². The molecule has 7 nitrogen and oxygen atoms in total. The van der Waals surface area contributed by atoms with Gasteiger partial charge in [-0.05, 0) is 23.6 Å². The van der Waals surface area contributed by atoms with Gasteiger partial charge in [-0.1, -0.05) is 6.07 Å². The van der Waals surface area contributed by atoms with Crippen molar-refractivity contribution in [3.05, 3.63) is 30.1 Å². The molecule has 1 aliphatic rings. The smallest absolute Gasteiger partial charge is 0.390 e. The normalized spacial score (nSPS) is 16.6. The molecule has 3 rings (SSSR count). The van der Waals surface area contributed by atoms with Crippen LogP contribution in [0.25, 0.3) is 10.8 Å². The maximum Gasteiger partial charge on any atom is 0.390 e. The van der Waals surface area contributed by atoms with Crippen molar-refractivity contribution in [1.29, 1.82) is 0 Å². The van der Waals surface area contributed by atoms with Gasteiger partial charge in [0, 0.05) is 17.6 Å². The van der Waals surface area contributed by atoms with Gasteiger partial charge in [0.1, 0.15) is 18.0 Å². The second kappa shape index (κ2) is 6.44. The maximum atomic E-state index is 14.9. The molecule has 0 spiro atoms. The SMILES string of the molecule is O=C1CN(c2c(O)cc3ccc(NCCC(F)(F)F)cc3c2F)S(=O)(=O)N1. The van der Waals surface area contributed by atoms with Crippen LogP contribution in [-0.2, 0) is 15.0 Å². The highest BCUT2D eigenvalue weighted by molar-refractivity contribution is 7.92. The van der Waals surface area contributed by atoms with E-state index in [-0.39, 0.29) is 16.5 Å². The number of phenolic OH excluding ortho intramolecular Hbond substituents is 1. The van der Waals surface area contributed by atoms with E-state index in [9.17, 15) is 35.9 Å². The third kappa shape index (κ3) is 3.84. The van der Waals surface area contributed by atoms with Gasteiger partial charge in [0.15, 0.2) is 5.82 Å². The molecule has 1 aliphatic heterocycles. The number of nitrogens with one attached hydrogen (secondary N) is 2. The van der Waals surface area contributed by atoms with E-state index in [4.69, 9.17) is 0 Å². The summed E-state index contributed by atoms with van der Waals surface area (Å²) in [4.78, 5) is 11.3. The number of carbonyl (C=O) groups is 1. The number of hydrogen-bond donors (Lipinski definition) is 3. The maximum absolute atomic E-state index is 14.9. The minimum absolute atomic E-state index is 0.130. The molecule has 0 saturated carbocycles. The monoisotopic (exact) mass is 407 g/mol. The summed E-state index contributed by atoms with van der Waals surface area (Å²) in [6.07, 6.45) is -5.44. The fraction of sp³-hybridized carbons (Fsp3) is 0.267. The van der Waals surface area contributed by atoms with E-state index in [0.717, 1.165) is 6.07 Å². The van der Waals surface area contributed by atoms with Crippen LogP contribution in [-0.4, -0.2) is 38.7 Å². The third-order valence-electron chi connectivity index (χ3n) is 3.84. The molecule has 0 atom stereocenters. The van der Waals surface area contributed by atoms with Crippen LogP contribution in [0.1, 0.15) is 6.42 Å². The number of rotatable bonds is 4. The van der Waals surface area contributed by atoms with Crippen molar-refractivity contribution < 1.29 is 35.9 Å². The van der Waals surface area contributed by atoms with Crippen molar-refractivity contribution in [3.8, 4) is 5.75 Å². The fourth-order valence-electron chi connectivity index (χ4n) is 2.67. The topological polar surface area (TPSA) is 98.7 Å². The molecule has 2 aromatic carbocycles. The predicted molar refractivity (Wildman–Crippen MR) is 89.1 cm³/mol. The Balaban J connectivity index is 2.00. The van der Waals surface area contributed by atoms with E-state index in [1.54, 1.807) is 4.72 Å². The Hall–Kier alpha value is -2.76. The molecule has 0 aromatic heterocycles. The lowest BCUT2D eigenvalue weighted by atomic mass is 10.1. The van der Waals surface area contributed by atoms with Gasteiger partial charge in [0.25, 0.3) is 5.91 Å². The van der Waals surface area contributed by atoms with Crippen molar-refractivity contribution in [2.75, 3.05) is 22.7 Å². The van der Waals surface area contributed by atoms with Gasteiger partial charge in [-0.15, -0.1) is 0 Å². The van der Waals surface area contributed by atoms with Crippen molar-refractivity contribution in [1.82, 2.24) is 4.72 Å². The molecule has 0 aliphatic carbocycles. The van der Waals surface area contributed by atoms with Crippen molar-refractivity contribution in [3.63, 3.8) is 0 Å². The number of fused-ring (bicyclic) bond motifs is 1. The summed E-state index contributed by atoms with van der Waals surface area (Å²) >= 11 is 0. The highest BCUT2D eigenvalue weighted by atomic mass is 32.2. The number of carbonyl (C=O) groups excluding carboxylic acids is 1. The number of benzene rings is 2. The minimum Gasteiger partial charge on any atom is -0.506 e. The molecule has 0 radical (unpaired) electrons. The number of phenols is 1. The highest BCUT2D eigenvalue weighted by Crippen LogP contribution is 2.39. The summed E-state index contributed by atoms with van der Waals surface area (Å²) in [6.45, 7) is -1.14. The summed E-state index contributed by atoms with van der Waals surface area (Å²) in [5, 5.41) is 12.6. The second-order valence-corrected chi connectivity index (χ2v) is 7.42. The van der Waals surface area contributed by atoms with Crippen LogP contribution in [0.4, 0.5) is 28.9 Å². The number of alkyl halides is 3. The zero-order valence-electron chi connectivity index (χ0n) is 13.5. The Bertz CT molecular complexity index is 1020. The van der Waals surface area contributed by atoms with Gasteiger partial charge in [0.2, 0.25) is 0 Å². The molecular weight excluding hydrogens is 394 g/mol. The summed E-state index contributed by atoms with van der Waals surface area (Å²) in [6, 6.07) is 5.06. The molecule has 1 heterocycles. The summed E-state index contributed by atoms with van der Waals surface area (Å²) in [5.74, 6) is -2.71. The predicted octanol–water partition coefficient (Wildman–Crippen LogP) is 2.23. The molecule has 0 bridgehead atoms. The number of hydrogen-bond acceptors (Lipinski definition) is 5. The molecule has 1 fully saturated rings. The Morgan fingerprint density at radius 1 is 1.26 bits per heavy atom. The van der Waals surface area contributed by atoms with Gasteiger partial charge in [-0.2, -0.15) is 21.6 Å². The zero-order valence-corrected chi connectivity index (χ0v) is 14.3. The number of anilines is 2. The summed E-state index contributed by atoms with van der Waals surface area (Å²) in [7, 11) is -4.35. The average Bonchev–Trinajstić information content (AvgIpc) is 2.79. The van der Waals surface area contributed by atoms with Gasteiger partial charge >= 0.3 is 16.4 Å². The lowest BCUT2D eigenvalue weighted by molar-refractivity contribution is -0.131.